The van der Waals surface area contributed by atoms with E-state index < -0.39 is 17.6 Å². The molecule has 1 aliphatic carbocycles. The Bertz CT molecular complexity index is 695. The number of hydrogen-bond acceptors (Lipinski definition) is 2. The van der Waals surface area contributed by atoms with Crippen LogP contribution in [0.2, 0.25) is 0 Å². The molecule has 0 aliphatic heterocycles. The van der Waals surface area contributed by atoms with Gasteiger partial charge in [-0.05, 0) is 61.1 Å². The van der Waals surface area contributed by atoms with Gasteiger partial charge in [0.05, 0.1) is 5.56 Å². The normalized spacial score (nSPS) is 13.6. The van der Waals surface area contributed by atoms with E-state index in [0.717, 1.165) is 31.4 Å². The third kappa shape index (κ3) is 2.94. The number of esters is 1. The predicted molar refractivity (Wildman–Crippen MR) is 74.4 cm³/mol. The maximum Gasteiger partial charge on any atom is 0.346 e. The maximum absolute atomic E-state index is 13.5. The Morgan fingerprint density at radius 3 is 2.48 bits per heavy atom. The number of benzene rings is 2. The van der Waals surface area contributed by atoms with Crippen molar-refractivity contribution in [3.63, 3.8) is 0 Å². The fourth-order valence-corrected chi connectivity index (χ4v) is 2.59. The highest BCUT2D eigenvalue weighted by Gasteiger charge is 2.16. The van der Waals surface area contributed by atoms with Crippen LogP contribution < -0.4 is 4.74 Å². The van der Waals surface area contributed by atoms with E-state index >= 15 is 0 Å². The zero-order valence-corrected chi connectivity index (χ0v) is 11.4. The van der Waals surface area contributed by atoms with Gasteiger partial charge < -0.3 is 4.74 Å². The maximum atomic E-state index is 13.5. The topological polar surface area (TPSA) is 26.3 Å². The summed E-state index contributed by atoms with van der Waals surface area (Å²) in [5.74, 6) is -2.07. The van der Waals surface area contributed by atoms with Gasteiger partial charge in [-0.2, -0.15) is 0 Å². The highest BCUT2D eigenvalue weighted by Crippen LogP contribution is 2.26. The monoisotopic (exact) mass is 288 g/mol. The Morgan fingerprint density at radius 1 is 0.952 bits per heavy atom. The molecule has 2 nitrogen and oxygen atoms in total. The summed E-state index contributed by atoms with van der Waals surface area (Å²) in [5.41, 5.74) is 2.18. The van der Waals surface area contributed by atoms with Gasteiger partial charge in [0, 0.05) is 6.07 Å². The molecule has 0 aromatic heterocycles. The second-order valence-electron chi connectivity index (χ2n) is 5.15. The fourth-order valence-electron chi connectivity index (χ4n) is 2.59. The second kappa shape index (κ2) is 5.64. The van der Waals surface area contributed by atoms with Crippen LogP contribution in [0, 0.1) is 11.6 Å². The first-order chi connectivity index (χ1) is 10.1. The molecule has 0 atom stereocenters. The van der Waals surface area contributed by atoms with Gasteiger partial charge in [0.25, 0.3) is 0 Å². The number of hydrogen-bond donors (Lipinski definition) is 0. The molecule has 0 saturated carbocycles. The zero-order valence-electron chi connectivity index (χ0n) is 11.4. The van der Waals surface area contributed by atoms with Crippen molar-refractivity contribution in [3.05, 3.63) is 64.7 Å². The summed E-state index contributed by atoms with van der Waals surface area (Å²) in [6.45, 7) is 0. The van der Waals surface area contributed by atoms with E-state index in [9.17, 15) is 13.6 Å². The Kier molecular flexibility index (Phi) is 3.69. The number of halogens is 2. The van der Waals surface area contributed by atoms with Gasteiger partial charge in [-0.15, -0.1) is 0 Å². The number of carbonyl (C=O) groups excluding carboxylic acids is 1. The van der Waals surface area contributed by atoms with Crippen LogP contribution >= 0.6 is 0 Å². The summed E-state index contributed by atoms with van der Waals surface area (Å²) in [7, 11) is 0. The van der Waals surface area contributed by atoms with Gasteiger partial charge in [0.1, 0.15) is 17.4 Å². The van der Waals surface area contributed by atoms with Crippen LogP contribution in [-0.2, 0) is 12.8 Å². The number of aryl methyl sites for hydroxylation is 2. The number of rotatable bonds is 2. The summed E-state index contributed by atoms with van der Waals surface area (Å²) in [5, 5.41) is 0. The van der Waals surface area contributed by atoms with E-state index in [2.05, 4.69) is 0 Å². The third-order valence-corrected chi connectivity index (χ3v) is 3.68. The van der Waals surface area contributed by atoms with E-state index in [4.69, 9.17) is 4.74 Å². The molecule has 108 valence electrons. The molecule has 0 fully saturated rings. The van der Waals surface area contributed by atoms with Crippen molar-refractivity contribution in [1.82, 2.24) is 0 Å². The second-order valence-corrected chi connectivity index (χ2v) is 5.15. The number of ether oxygens (including phenoxy) is 1. The van der Waals surface area contributed by atoms with Crippen molar-refractivity contribution in [2.24, 2.45) is 0 Å². The first-order valence-corrected chi connectivity index (χ1v) is 6.92. The lowest BCUT2D eigenvalue weighted by atomic mass is 9.92. The van der Waals surface area contributed by atoms with E-state index in [0.29, 0.717) is 11.8 Å². The molecule has 0 saturated heterocycles. The molecular weight excluding hydrogens is 274 g/mol. The van der Waals surface area contributed by atoms with E-state index in [1.54, 1.807) is 6.07 Å². The van der Waals surface area contributed by atoms with Crippen molar-refractivity contribution in [1.29, 1.82) is 0 Å². The molecule has 21 heavy (non-hydrogen) atoms. The highest BCUT2D eigenvalue weighted by atomic mass is 19.1. The fraction of sp³-hybridized carbons (Fsp3) is 0.235. The molecule has 2 aromatic rings. The molecule has 0 heterocycles. The highest BCUT2D eigenvalue weighted by molar-refractivity contribution is 5.91. The summed E-state index contributed by atoms with van der Waals surface area (Å²) >= 11 is 0. The van der Waals surface area contributed by atoms with Gasteiger partial charge in [-0.25, -0.2) is 13.6 Å². The third-order valence-electron chi connectivity index (χ3n) is 3.68. The molecule has 0 unspecified atom stereocenters. The first-order valence-electron chi connectivity index (χ1n) is 6.92. The lowest BCUT2D eigenvalue weighted by Crippen LogP contribution is -2.12. The number of carbonyl (C=O) groups is 1. The minimum atomic E-state index is -0.919. The molecule has 0 spiro atoms. The molecule has 1 aliphatic rings. The van der Waals surface area contributed by atoms with Gasteiger partial charge in [-0.3, -0.25) is 0 Å². The summed E-state index contributed by atoms with van der Waals surface area (Å²) in [6, 6.07) is 8.27. The van der Waals surface area contributed by atoms with Crippen molar-refractivity contribution >= 4 is 5.97 Å². The molecule has 0 radical (unpaired) electrons. The summed E-state index contributed by atoms with van der Waals surface area (Å²) in [6.07, 6.45) is 4.30. The average Bonchev–Trinajstić information content (AvgIpc) is 2.47. The molecule has 2 aromatic carbocycles. The minimum Gasteiger partial charge on any atom is -0.423 e. The Balaban J connectivity index is 1.81. The minimum absolute atomic E-state index is 0.269. The number of fused-ring (bicyclic) bond motifs is 1. The predicted octanol–water partition coefficient (Wildman–Crippen LogP) is 4.06. The molecule has 4 heteroatoms. The first kappa shape index (κ1) is 13.7. The lowest BCUT2D eigenvalue weighted by molar-refractivity contribution is 0.0729. The molecule has 0 amide bonds. The van der Waals surface area contributed by atoms with Crippen molar-refractivity contribution in [2.45, 2.75) is 25.7 Å². The van der Waals surface area contributed by atoms with Crippen molar-refractivity contribution in [2.75, 3.05) is 0 Å². The van der Waals surface area contributed by atoms with Crippen LogP contribution in [0.5, 0.6) is 5.75 Å². The molecule has 3 rings (SSSR count). The van der Waals surface area contributed by atoms with Crippen LogP contribution in [0.15, 0.2) is 36.4 Å². The summed E-state index contributed by atoms with van der Waals surface area (Å²) in [4.78, 5) is 11.9. The van der Waals surface area contributed by atoms with Crippen LogP contribution in [0.1, 0.15) is 34.3 Å². The molecule has 0 N–H and O–H groups in total. The van der Waals surface area contributed by atoms with Crippen molar-refractivity contribution < 1.29 is 18.3 Å². The van der Waals surface area contributed by atoms with E-state index in [1.807, 2.05) is 12.1 Å². The summed E-state index contributed by atoms with van der Waals surface area (Å²) < 4.78 is 31.6. The van der Waals surface area contributed by atoms with Gasteiger partial charge in [-0.1, -0.05) is 6.07 Å². The quantitative estimate of drug-likeness (QED) is 0.615. The van der Waals surface area contributed by atoms with Gasteiger partial charge in [0.15, 0.2) is 0 Å². The van der Waals surface area contributed by atoms with Gasteiger partial charge >= 0.3 is 5.97 Å². The standard InChI is InChI=1S/C17H14F2O2/c18-13-6-8-15(16(19)10-13)17(20)21-14-7-5-11-3-1-2-4-12(11)9-14/h5-10H,1-4H2. The van der Waals surface area contributed by atoms with Crippen LogP contribution in [0.3, 0.4) is 0 Å². The SMILES string of the molecule is O=C(Oc1ccc2c(c1)CCCC2)c1ccc(F)cc1F. The van der Waals surface area contributed by atoms with E-state index in [1.165, 1.54) is 17.5 Å². The largest absolute Gasteiger partial charge is 0.423 e. The van der Waals surface area contributed by atoms with Gasteiger partial charge in [0.2, 0.25) is 0 Å². The van der Waals surface area contributed by atoms with Crippen LogP contribution in [0.25, 0.3) is 0 Å². The van der Waals surface area contributed by atoms with Crippen molar-refractivity contribution in [3.8, 4) is 5.75 Å². The Labute approximate surface area is 121 Å². The smallest absolute Gasteiger partial charge is 0.346 e. The Morgan fingerprint density at radius 2 is 1.71 bits per heavy atom. The Hall–Kier alpha value is -2.23. The van der Waals surface area contributed by atoms with Crippen LogP contribution in [0.4, 0.5) is 8.78 Å². The lowest BCUT2D eigenvalue weighted by Gasteiger charge is -2.16. The van der Waals surface area contributed by atoms with E-state index in [-0.39, 0.29) is 5.56 Å². The van der Waals surface area contributed by atoms with Crippen LogP contribution in [-0.4, -0.2) is 5.97 Å². The average molecular weight is 288 g/mol. The zero-order chi connectivity index (χ0) is 14.8. The molecular formula is C17H14F2O2. The molecule has 0 bridgehead atoms.